The van der Waals surface area contributed by atoms with Crippen LogP contribution in [0.3, 0.4) is 0 Å². The Morgan fingerprint density at radius 3 is 2.20 bits per heavy atom. The van der Waals surface area contributed by atoms with Crippen molar-refractivity contribution in [3.8, 4) is 0 Å². The minimum Gasteiger partial charge on any atom is -0.264 e. The molecule has 4 heteroatoms. The molecule has 60 valence electrons. The van der Waals surface area contributed by atoms with Crippen LogP contribution in [0.15, 0.2) is 11.5 Å². The Labute approximate surface area is 61.8 Å². The molecule has 10 heavy (non-hydrogen) atoms. The largest absolute Gasteiger partial charge is 0.289 e. The van der Waals surface area contributed by atoms with Gasteiger partial charge in [-0.25, -0.2) is 0 Å². The van der Waals surface area contributed by atoms with Crippen molar-refractivity contribution in [1.29, 1.82) is 0 Å². The molecule has 0 aliphatic heterocycles. The molecule has 0 aromatic carbocycles. The highest BCUT2D eigenvalue weighted by Crippen LogP contribution is 1.99. The summed E-state index contributed by atoms with van der Waals surface area (Å²) in [4.78, 5) is 0. The van der Waals surface area contributed by atoms with Gasteiger partial charge in [0.25, 0.3) is 10.1 Å². The molecule has 0 aliphatic carbocycles. The van der Waals surface area contributed by atoms with Gasteiger partial charge in [-0.15, -0.1) is 0 Å². The number of allylic oxidation sites excluding steroid dienone is 1. The van der Waals surface area contributed by atoms with Gasteiger partial charge in [-0.2, -0.15) is 8.42 Å². The second kappa shape index (κ2) is 3.73. The van der Waals surface area contributed by atoms with Crippen LogP contribution in [-0.2, 0) is 14.3 Å². The van der Waals surface area contributed by atoms with Crippen LogP contribution in [0, 0.1) is 0 Å². The van der Waals surface area contributed by atoms with Gasteiger partial charge in [-0.05, 0) is 20.8 Å². The molecule has 0 heterocycles. The predicted octanol–water partition coefficient (Wildman–Crippen LogP) is 1.27. The first-order valence-corrected chi connectivity index (χ1v) is 4.51. The molecule has 0 amide bonds. The second-order valence-corrected chi connectivity index (χ2v) is 3.56. The molecule has 3 nitrogen and oxygen atoms in total. The summed E-state index contributed by atoms with van der Waals surface area (Å²) in [6.07, 6.45) is 1.14. The van der Waals surface area contributed by atoms with Crippen LogP contribution in [0.2, 0.25) is 0 Å². The van der Waals surface area contributed by atoms with Crippen LogP contribution in [0.5, 0.6) is 0 Å². The van der Waals surface area contributed by atoms with Gasteiger partial charge in [-0.3, -0.25) is 4.18 Å². The highest BCUT2D eigenvalue weighted by atomic mass is 32.2. The summed E-state index contributed by atoms with van der Waals surface area (Å²) >= 11 is 0. The van der Waals surface area contributed by atoms with Gasteiger partial charge in [0.15, 0.2) is 0 Å². The summed E-state index contributed by atoms with van der Waals surface area (Å²) in [5, 5.41) is 1.03. The number of rotatable bonds is 3. The maximum atomic E-state index is 10.7. The molecule has 0 rings (SSSR count). The molecule has 0 N–H and O–H groups in total. The molecule has 0 aromatic rings. The van der Waals surface area contributed by atoms with Crippen molar-refractivity contribution in [3.63, 3.8) is 0 Å². The first kappa shape index (κ1) is 9.65. The first-order chi connectivity index (χ1) is 4.48. The van der Waals surface area contributed by atoms with E-state index in [2.05, 4.69) is 4.18 Å². The SMILES string of the molecule is CC=CS(=O)(=O)OC(C)C. The Hall–Kier alpha value is -0.350. The fourth-order valence-corrected chi connectivity index (χ4v) is 1.40. The molecule has 0 aliphatic rings. The minimum absolute atomic E-state index is 0.291. The molecule has 0 bridgehead atoms. The smallest absolute Gasteiger partial charge is 0.264 e. The lowest BCUT2D eigenvalue weighted by atomic mass is 10.5. The van der Waals surface area contributed by atoms with Gasteiger partial charge in [-0.1, -0.05) is 6.08 Å². The molecule has 0 spiro atoms. The zero-order valence-corrected chi connectivity index (χ0v) is 7.18. The highest BCUT2D eigenvalue weighted by Gasteiger charge is 2.06. The summed E-state index contributed by atoms with van der Waals surface area (Å²) in [6, 6.07) is 0. The topological polar surface area (TPSA) is 43.4 Å². The van der Waals surface area contributed by atoms with Crippen LogP contribution in [-0.4, -0.2) is 14.5 Å². The Bertz CT molecular complexity index is 201. The average Bonchev–Trinajstić information content (AvgIpc) is 1.59. The zero-order valence-electron chi connectivity index (χ0n) is 6.37. The molecule has 0 radical (unpaired) electrons. The average molecular weight is 164 g/mol. The molecule has 0 aromatic heterocycles. The van der Waals surface area contributed by atoms with E-state index in [4.69, 9.17) is 0 Å². The van der Waals surface area contributed by atoms with E-state index in [9.17, 15) is 8.42 Å². The third kappa shape index (κ3) is 4.52. The molecule has 0 atom stereocenters. The predicted molar refractivity (Wildman–Crippen MR) is 40.0 cm³/mol. The van der Waals surface area contributed by atoms with Gasteiger partial charge < -0.3 is 0 Å². The monoisotopic (exact) mass is 164 g/mol. The second-order valence-electron chi connectivity index (χ2n) is 2.11. The molecule has 0 saturated heterocycles. The van der Waals surface area contributed by atoms with Crippen molar-refractivity contribution < 1.29 is 12.6 Å². The quantitative estimate of drug-likeness (QED) is 0.590. The Morgan fingerprint density at radius 2 is 1.90 bits per heavy atom. The third-order valence-electron chi connectivity index (χ3n) is 0.629. The maximum Gasteiger partial charge on any atom is 0.289 e. The Balaban J connectivity index is 4.16. The van der Waals surface area contributed by atoms with Crippen molar-refractivity contribution in [2.24, 2.45) is 0 Å². The van der Waals surface area contributed by atoms with Gasteiger partial charge in [0.1, 0.15) is 0 Å². The van der Waals surface area contributed by atoms with Crippen LogP contribution < -0.4 is 0 Å². The molecular formula is C6H12O3S. The van der Waals surface area contributed by atoms with E-state index in [0.29, 0.717) is 0 Å². The lowest BCUT2D eigenvalue weighted by Gasteiger charge is -2.02. The fourth-order valence-electron chi connectivity index (χ4n) is 0.467. The number of hydrogen-bond acceptors (Lipinski definition) is 3. The van der Waals surface area contributed by atoms with Crippen molar-refractivity contribution in [2.45, 2.75) is 26.9 Å². The van der Waals surface area contributed by atoms with Crippen LogP contribution in [0.1, 0.15) is 20.8 Å². The maximum absolute atomic E-state index is 10.7. The van der Waals surface area contributed by atoms with Gasteiger partial charge >= 0.3 is 0 Å². The van der Waals surface area contributed by atoms with E-state index in [1.165, 1.54) is 6.08 Å². The lowest BCUT2D eigenvalue weighted by Crippen LogP contribution is -2.08. The molecule has 0 saturated carbocycles. The van der Waals surface area contributed by atoms with E-state index in [1.54, 1.807) is 20.8 Å². The summed E-state index contributed by atoms with van der Waals surface area (Å²) in [5.74, 6) is 0. The number of hydrogen-bond donors (Lipinski definition) is 0. The van der Waals surface area contributed by atoms with E-state index in [0.717, 1.165) is 5.41 Å². The molecular weight excluding hydrogens is 152 g/mol. The van der Waals surface area contributed by atoms with Crippen molar-refractivity contribution in [2.75, 3.05) is 0 Å². The third-order valence-corrected chi connectivity index (χ3v) is 1.89. The summed E-state index contributed by atoms with van der Waals surface area (Å²) < 4.78 is 26.0. The van der Waals surface area contributed by atoms with E-state index in [-0.39, 0.29) is 6.10 Å². The molecule has 0 fully saturated rings. The van der Waals surface area contributed by atoms with Crippen LogP contribution in [0.25, 0.3) is 0 Å². The van der Waals surface area contributed by atoms with E-state index >= 15 is 0 Å². The Morgan fingerprint density at radius 1 is 1.40 bits per heavy atom. The standard InChI is InChI=1S/C6H12O3S/c1-4-5-10(7,8)9-6(2)3/h4-6H,1-3H3. The van der Waals surface area contributed by atoms with Gasteiger partial charge in [0, 0.05) is 0 Å². The zero-order chi connectivity index (χ0) is 8.20. The highest BCUT2D eigenvalue weighted by molar-refractivity contribution is 7.89. The normalized spacial score (nSPS) is 13.2. The van der Waals surface area contributed by atoms with Crippen LogP contribution in [0.4, 0.5) is 0 Å². The van der Waals surface area contributed by atoms with Gasteiger partial charge in [0.2, 0.25) is 0 Å². The van der Waals surface area contributed by atoms with E-state index < -0.39 is 10.1 Å². The Kier molecular flexibility index (Phi) is 3.60. The van der Waals surface area contributed by atoms with Crippen molar-refractivity contribution in [3.05, 3.63) is 11.5 Å². The summed E-state index contributed by atoms with van der Waals surface area (Å²) in [7, 11) is -3.41. The first-order valence-electron chi connectivity index (χ1n) is 3.04. The lowest BCUT2D eigenvalue weighted by molar-refractivity contribution is 0.253. The summed E-state index contributed by atoms with van der Waals surface area (Å²) in [5.41, 5.74) is 0. The van der Waals surface area contributed by atoms with Gasteiger partial charge in [0.05, 0.1) is 11.5 Å². The summed E-state index contributed by atoms with van der Waals surface area (Å²) in [6.45, 7) is 4.96. The van der Waals surface area contributed by atoms with Crippen molar-refractivity contribution >= 4 is 10.1 Å². The van der Waals surface area contributed by atoms with Crippen LogP contribution >= 0.6 is 0 Å². The van der Waals surface area contributed by atoms with E-state index in [1.807, 2.05) is 0 Å². The molecule has 0 unspecified atom stereocenters. The fraction of sp³-hybridized carbons (Fsp3) is 0.667. The minimum atomic E-state index is -3.41. The van der Waals surface area contributed by atoms with Crippen molar-refractivity contribution in [1.82, 2.24) is 0 Å².